The Morgan fingerprint density at radius 3 is 2.33 bits per heavy atom. The van der Waals surface area contributed by atoms with Gasteiger partial charge < -0.3 is 15.3 Å². The number of aliphatic hydroxyl groups is 1. The maximum atomic E-state index is 13.0. The molecule has 0 radical (unpaired) electrons. The van der Waals surface area contributed by atoms with E-state index in [0.29, 0.717) is 19.3 Å². The maximum absolute atomic E-state index is 13.0. The van der Waals surface area contributed by atoms with Crippen LogP contribution in [-0.2, 0) is 0 Å². The van der Waals surface area contributed by atoms with Crippen molar-refractivity contribution >= 4 is 6.03 Å². The average molecular weight is 362 g/mol. The van der Waals surface area contributed by atoms with Crippen molar-refractivity contribution in [3.63, 3.8) is 0 Å². The predicted octanol–water partition coefficient (Wildman–Crippen LogP) is 3.06. The van der Waals surface area contributed by atoms with Crippen LogP contribution in [0.4, 0.5) is 31.1 Å². The fraction of sp³-hybridized carbons (Fsp3) is 0.929. The standard InChI is InChI=1S/C14H20F6N2O2/c15-13(16,17)10-4-2-1-3-9(10)7-21-11(23)22-6-5-12(24,8-22)14(18,19)20/h9-10,24H,1-8H2,(H,21,23)/t9-,10-,12+/m0/s1. The molecular weight excluding hydrogens is 342 g/mol. The molecule has 0 aromatic carbocycles. The van der Waals surface area contributed by atoms with Gasteiger partial charge in [0.25, 0.3) is 0 Å². The van der Waals surface area contributed by atoms with Crippen LogP contribution in [0.1, 0.15) is 32.1 Å². The molecule has 10 heteroatoms. The highest BCUT2D eigenvalue weighted by Crippen LogP contribution is 2.41. The lowest BCUT2D eigenvalue weighted by atomic mass is 9.79. The van der Waals surface area contributed by atoms with Crippen molar-refractivity contribution in [2.24, 2.45) is 11.8 Å². The molecule has 1 aliphatic carbocycles. The molecule has 140 valence electrons. The second-order valence-electron chi connectivity index (χ2n) is 6.58. The van der Waals surface area contributed by atoms with Gasteiger partial charge in [-0.15, -0.1) is 0 Å². The molecule has 1 aliphatic heterocycles. The summed E-state index contributed by atoms with van der Waals surface area (Å²) in [6, 6.07) is -0.873. The van der Waals surface area contributed by atoms with E-state index < -0.39 is 48.8 Å². The van der Waals surface area contributed by atoms with Crippen LogP contribution < -0.4 is 5.32 Å². The summed E-state index contributed by atoms with van der Waals surface area (Å²) < 4.78 is 77.0. The normalized spacial score (nSPS) is 32.0. The molecule has 0 aromatic heterocycles. The molecule has 0 unspecified atom stereocenters. The van der Waals surface area contributed by atoms with Crippen LogP contribution in [0.3, 0.4) is 0 Å². The fourth-order valence-corrected chi connectivity index (χ4v) is 3.41. The molecule has 0 spiro atoms. The van der Waals surface area contributed by atoms with E-state index in [4.69, 9.17) is 0 Å². The van der Waals surface area contributed by atoms with Crippen molar-refractivity contribution in [1.82, 2.24) is 10.2 Å². The quantitative estimate of drug-likeness (QED) is 0.742. The second-order valence-corrected chi connectivity index (χ2v) is 6.58. The number of β-amino-alcohol motifs (C(OH)–C–C–N with tert-alkyl or cyclic N) is 1. The number of rotatable bonds is 2. The van der Waals surface area contributed by atoms with E-state index in [9.17, 15) is 36.2 Å². The number of halogens is 6. The second kappa shape index (κ2) is 6.61. The third-order valence-corrected chi connectivity index (χ3v) is 4.91. The molecule has 4 nitrogen and oxygen atoms in total. The SMILES string of the molecule is O=C(NC[C@@H]1CCCC[C@@H]1C(F)(F)F)N1CC[C@](O)(C(F)(F)F)C1. The molecule has 0 aromatic rings. The first kappa shape index (κ1) is 19.1. The number of urea groups is 1. The molecule has 0 bridgehead atoms. The Morgan fingerprint density at radius 2 is 1.79 bits per heavy atom. The van der Waals surface area contributed by atoms with Gasteiger partial charge in [-0.05, 0) is 18.8 Å². The van der Waals surface area contributed by atoms with E-state index in [-0.39, 0.29) is 19.5 Å². The van der Waals surface area contributed by atoms with Gasteiger partial charge in [0.15, 0.2) is 5.60 Å². The first-order valence-electron chi connectivity index (χ1n) is 7.83. The Bertz CT molecular complexity index is 467. The van der Waals surface area contributed by atoms with Gasteiger partial charge >= 0.3 is 18.4 Å². The van der Waals surface area contributed by atoms with Crippen LogP contribution in [0.15, 0.2) is 0 Å². The van der Waals surface area contributed by atoms with Crippen molar-refractivity contribution in [3.8, 4) is 0 Å². The van der Waals surface area contributed by atoms with Gasteiger partial charge in [0.2, 0.25) is 0 Å². The van der Waals surface area contributed by atoms with Crippen molar-refractivity contribution in [2.75, 3.05) is 19.6 Å². The maximum Gasteiger partial charge on any atom is 0.419 e. The van der Waals surface area contributed by atoms with E-state index in [1.54, 1.807) is 0 Å². The smallest absolute Gasteiger partial charge is 0.379 e. The molecule has 2 amide bonds. The third kappa shape index (κ3) is 4.07. The van der Waals surface area contributed by atoms with Crippen LogP contribution in [0.25, 0.3) is 0 Å². The van der Waals surface area contributed by atoms with Gasteiger partial charge in [0.05, 0.1) is 12.5 Å². The number of likely N-dealkylation sites (tertiary alicyclic amines) is 1. The van der Waals surface area contributed by atoms with E-state index in [1.165, 1.54) is 0 Å². The van der Waals surface area contributed by atoms with Gasteiger partial charge in [-0.1, -0.05) is 12.8 Å². The number of amides is 2. The first-order valence-corrected chi connectivity index (χ1v) is 7.83. The number of nitrogens with zero attached hydrogens (tertiary/aromatic N) is 1. The zero-order chi connectivity index (χ0) is 18.2. The van der Waals surface area contributed by atoms with Crippen molar-refractivity contribution in [1.29, 1.82) is 0 Å². The number of hydrogen-bond acceptors (Lipinski definition) is 2. The van der Waals surface area contributed by atoms with Gasteiger partial charge in [-0.2, -0.15) is 26.3 Å². The molecule has 2 rings (SSSR count). The molecule has 2 aliphatic rings. The number of nitrogens with one attached hydrogen (secondary N) is 1. The summed E-state index contributed by atoms with van der Waals surface area (Å²) in [6.45, 7) is -1.44. The number of carbonyl (C=O) groups excluding carboxylic acids is 1. The fourth-order valence-electron chi connectivity index (χ4n) is 3.41. The Balaban J connectivity index is 1.89. The van der Waals surface area contributed by atoms with Crippen LogP contribution in [0.2, 0.25) is 0 Å². The Labute approximate surface area is 135 Å². The molecular formula is C14H20F6N2O2. The lowest BCUT2D eigenvalue weighted by Gasteiger charge is -2.33. The topological polar surface area (TPSA) is 52.6 Å². The molecule has 2 N–H and O–H groups in total. The van der Waals surface area contributed by atoms with Gasteiger partial charge in [-0.25, -0.2) is 4.79 Å². The minimum absolute atomic E-state index is 0.00156. The predicted molar refractivity (Wildman–Crippen MR) is 72.1 cm³/mol. The highest BCUT2D eigenvalue weighted by Gasteiger charge is 2.58. The largest absolute Gasteiger partial charge is 0.419 e. The summed E-state index contributed by atoms with van der Waals surface area (Å²) in [4.78, 5) is 12.7. The average Bonchev–Trinajstić information content (AvgIpc) is 2.88. The zero-order valence-corrected chi connectivity index (χ0v) is 12.9. The molecule has 1 heterocycles. The summed E-state index contributed by atoms with van der Waals surface area (Å²) in [7, 11) is 0. The van der Waals surface area contributed by atoms with Crippen molar-refractivity contribution in [3.05, 3.63) is 0 Å². The van der Waals surface area contributed by atoms with E-state index >= 15 is 0 Å². The highest BCUT2D eigenvalue weighted by molar-refractivity contribution is 5.74. The van der Waals surface area contributed by atoms with E-state index in [2.05, 4.69) is 5.32 Å². The van der Waals surface area contributed by atoms with Gasteiger partial charge in [0.1, 0.15) is 0 Å². The number of alkyl halides is 6. The molecule has 24 heavy (non-hydrogen) atoms. The van der Waals surface area contributed by atoms with E-state index in [1.807, 2.05) is 0 Å². The monoisotopic (exact) mass is 362 g/mol. The summed E-state index contributed by atoms with van der Waals surface area (Å²) in [5.74, 6) is -2.27. The molecule has 1 saturated carbocycles. The van der Waals surface area contributed by atoms with Crippen LogP contribution >= 0.6 is 0 Å². The molecule has 1 saturated heterocycles. The lowest BCUT2D eigenvalue weighted by Crippen LogP contribution is -2.50. The Kier molecular flexibility index (Phi) is 5.27. The first-order chi connectivity index (χ1) is 10.9. The number of hydrogen-bond donors (Lipinski definition) is 2. The van der Waals surface area contributed by atoms with E-state index in [0.717, 1.165) is 4.90 Å². The number of carbonyl (C=O) groups is 1. The summed E-state index contributed by atoms with van der Waals surface area (Å²) in [6.07, 6.45) is -8.42. The third-order valence-electron chi connectivity index (χ3n) is 4.91. The highest BCUT2D eigenvalue weighted by atomic mass is 19.4. The summed E-state index contributed by atoms with van der Waals surface area (Å²) in [5.41, 5.74) is -2.95. The lowest BCUT2D eigenvalue weighted by molar-refractivity contribution is -0.253. The summed E-state index contributed by atoms with van der Waals surface area (Å²) >= 11 is 0. The zero-order valence-electron chi connectivity index (χ0n) is 12.9. The van der Waals surface area contributed by atoms with Crippen LogP contribution in [0.5, 0.6) is 0 Å². The van der Waals surface area contributed by atoms with Gasteiger partial charge in [0, 0.05) is 19.5 Å². The van der Waals surface area contributed by atoms with Crippen LogP contribution in [0, 0.1) is 11.8 Å². The minimum atomic E-state index is -4.85. The molecule has 2 fully saturated rings. The van der Waals surface area contributed by atoms with Crippen molar-refractivity contribution < 1.29 is 36.2 Å². The van der Waals surface area contributed by atoms with Gasteiger partial charge in [-0.3, -0.25) is 0 Å². The Morgan fingerprint density at radius 1 is 1.17 bits per heavy atom. The van der Waals surface area contributed by atoms with Crippen molar-refractivity contribution in [2.45, 2.75) is 50.1 Å². The van der Waals surface area contributed by atoms with Crippen LogP contribution in [-0.4, -0.2) is 53.6 Å². The Hall–Kier alpha value is -1.19. The minimum Gasteiger partial charge on any atom is -0.379 e. The summed E-state index contributed by atoms with van der Waals surface area (Å²) in [5, 5.41) is 11.8. The molecule has 3 atom stereocenters.